The minimum absolute atomic E-state index is 0. The molecule has 2 heteroatoms. The predicted octanol–water partition coefficient (Wildman–Crippen LogP) is 1.98. The zero-order valence-electron chi connectivity index (χ0n) is 7.40. The largest absolute Gasteiger partial charge is 0.391 e. The second-order valence-corrected chi connectivity index (χ2v) is 3.24. The fourth-order valence-electron chi connectivity index (χ4n) is 1.73. The van der Waals surface area contributed by atoms with Crippen molar-refractivity contribution in [1.82, 2.24) is 4.98 Å². The maximum atomic E-state index is 4.23. The van der Waals surface area contributed by atoms with Gasteiger partial charge in [0.1, 0.15) is 0 Å². The van der Waals surface area contributed by atoms with Crippen LogP contribution in [0, 0.1) is 20.0 Å². The van der Waals surface area contributed by atoms with Crippen molar-refractivity contribution in [2.24, 2.45) is 0 Å². The maximum Gasteiger partial charge on any atom is 0 e. The molecule has 0 aromatic carbocycles. The molecule has 1 nitrogen and oxygen atoms in total. The van der Waals surface area contributed by atoms with E-state index in [0.29, 0.717) is 0 Å². The first kappa shape index (κ1) is 9.86. The summed E-state index contributed by atoms with van der Waals surface area (Å²) >= 11 is 0. The molecule has 1 aliphatic rings. The van der Waals surface area contributed by atoms with Gasteiger partial charge in [-0.1, -0.05) is 38.6 Å². The van der Waals surface area contributed by atoms with Crippen molar-refractivity contribution in [3.63, 3.8) is 0 Å². The standard InChI is InChI=1S/C10H12N.Rh/c1-7-8(2)11-6-9-4-3-5-10(7)9;/h3-5H2,1-2H3;/q-1;. The summed E-state index contributed by atoms with van der Waals surface area (Å²) in [5.74, 6) is 0. The van der Waals surface area contributed by atoms with Crippen LogP contribution in [0.3, 0.4) is 0 Å². The summed E-state index contributed by atoms with van der Waals surface area (Å²) in [6, 6.07) is 0. The molecular weight excluding hydrogens is 237 g/mol. The Morgan fingerprint density at radius 3 is 2.75 bits per heavy atom. The Balaban J connectivity index is 0.000000720. The predicted molar refractivity (Wildman–Crippen MR) is 44.6 cm³/mol. The van der Waals surface area contributed by atoms with Gasteiger partial charge in [0.05, 0.1) is 0 Å². The number of nitrogens with zero attached hydrogens (tertiary/aromatic N) is 1. The van der Waals surface area contributed by atoms with Crippen LogP contribution in [0.4, 0.5) is 0 Å². The Morgan fingerprint density at radius 2 is 2.00 bits per heavy atom. The van der Waals surface area contributed by atoms with Crippen LogP contribution in [0.2, 0.25) is 0 Å². The molecule has 0 aliphatic heterocycles. The van der Waals surface area contributed by atoms with E-state index >= 15 is 0 Å². The number of hydrogen-bond acceptors (Lipinski definition) is 1. The van der Waals surface area contributed by atoms with E-state index in [1.165, 1.54) is 36.0 Å². The molecule has 12 heavy (non-hydrogen) atoms. The van der Waals surface area contributed by atoms with Gasteiger partial charge in [-0.3, -0.25) is 0 Å². The van der Waals surface area contributed by atoms with Crippen molar-refractivity contribution >= 4 is 0 Å². The third-order valence-corrected chi connectivity index (χ3v) is 2.57. The van der Waals surface area contributed by atoms with Crippen LogP contribution >= 0.6 is 0 Å². The van der Waals surface area contributed by atoms with Crippen LogP contribution < -0.4 is 0 Å². The van der Waals surface area contributed by atoms with Crippen molar-refractivity contribution in [2.75, 3.05) is 0 Å². The SMILES string of the molecule is Cc1n[c-]c2c(c1C)CCC2.[Rh]. The normalized spacial score (nSPS) is 13.8. The monoisotopic (exact) mass is 249 g/mol. The molecule has 2 rings (SSSR count). The van der Waals surface area contributed by atoms with Crippen molar-refractivity contribution in [3.05, 3.63) is 28.6 Å². The first-order valence-corrected chi connectivity index (χ1v) is 4.15. The van der Waals surface area contributed by atoms with Crippen LogP contribution in [0.15, 0.2) is 0 Å². The van der Waals surface area contributed by atoms with E-state index in [4.69, 9.17) is 0 Å². The van der Waals surface area contributed by atoms with Gasteiger partial charge in [-0.05, 0) is 6.42 Å². The molecule has 67 valence electrons. The third-order valence-electron chi connectivity index (χ3n) is 2.57. The number of pyridine rings is 1. The van der Waals surface area contributed by atoms with Crippen LogP contribution in [0.5, 0.6) is 0 Å². The summed E-state index contributed by atoms with van der Waals surface area (Å²) in [6.07, 6.45) is 6.82. The molecule has 0 N–H and O–H groups in total. The minimum Gasteiger partial charge on any atom is -0.391 e. The van der Waals surface area contributed by atoms with E-state index in [9.17, 15) is 0 Å². The summed E-state index contributed by atoms with van der Waals surface area (Å²) in [5.41, 5.74) is 5.40. The summed E-state index contributed by atoms with van der Waals surface area (Å²) in [7, 11) is 0. The number of rotatable bonds is 0. The van der Waals surface area contributed by atoms with Gasteiger partial charge in [0.2, 0.25) is 0 Å². The molecule has 0 bridgehead atoms. The van der Waals surface area contributed by atoms with Gasteiger partial charge in [-0.25, -0.2) is 0 Å². The first-order chi connectivity index (χ1) is 5.29. The van der Waals surface area contributed by atoms with E-state index in [2.05, 4.69) is 25.0 Å². The molecule has 0 saturated carbocycles. The number of fused-ring (bicyclic) bond motifs is 1. The molecule has 1 radical (unpaired) electrons. The Hall–Kier alpha value is -0.227. The summed E-state index contributed by atoms with van der Waals surface area (Å²) in [5, 5.41) is 0. The van der Waals surface area contributed by atoms with Crippen LogP contribution in [0.1, 0.15) is 28.8 Å². The molecule has 1 aromatic heterocycles. The fourth-order valence-corrected chi connectivity index (χ4v) is 1.73. The average molecular weight is 249 g/mol. The Labute approximate surface area is 86.4 Å². The van der Waals surface area contributed by atoms with Crippen molar-refractivity contribution < 1.29 is 19.5 Å². The number of aromatic nitrogens is 1. The van der Waals surface area contributed by atoms with E-state index in [0.717, 1.165) is 5.69 Å². The molecule has 0 unspecified atom stereocenters. The molecule has 1 heterocycles. The fraction of sp³-hybridized carbons (Fsp3) is 0.500. The van der Waals surface area contributed by atoms with Gasteiger partial charge >= 0.3 is 0 Å². The molecule has 0 spiro atoms. The smallest absolute Gasteiger partial charge is 0 e. The Kier molecular flexibility index (Phi) is 3.00. The van der Waals surface area contributed by atoms with Crippen molar-refractivity contribution in [2.45, 2.75) is 33.1 Å². The van der Waals surface area contributed by atoms with Gasteiger partial charge in [0.25, 0.3) is 0 Å². The summed E-state index contributed by atoms with van der Waals surface area (Å²) in [6.45, 7) is 4.23. The van der Waals surface area contributed by atoms with Crippen molar-refractivity contribution in [3.8, 4) is 0 Å². The molecule has 0 amide bonds. The zero-order chi connectivity index (χ0) is 7.84. The third kappa shape index (κ3) is 1.45. The number of hydrogen-bond donors (Lipinski definition) is 0. The zero-order valence-corrected chi connectivity index (χ0v) is 9.04. The van der Waals surface area contributed by atoms with Crippen LogP contribution in [0.25, 0.3) is 0 Å². The summed E-state index contributed by atoms with van der Waals surface area (Å²) in [4.78, 5) is 4.23. The van der Waals surface area contributed by atoms with Gasteiger partial charge in [0.15, 0.2) is 0 Å². The topological polar surface area (TPSA) is 12.9 Å². The maximum absolute atomic E-state index is 4.23. The minimum atomic E-state index is 0. The number of aryl methyl sites for hydroxylation is 2. The molecule has 0 fully saturated rings. The first-order valence-electron chi connectivity index (χ1n) is 4.15. The van der Waals surface area contributed by atoms with Crippen LogP contribution in [-0.2, 0) is 32.3 Å². The van der Waals surface area contributed by atoms with E-state index in [1.807, 2.05) is 0 Å². The summed E-state index contributed by atoms with van der Waals surface area (Å²) < 4.78 is 0. The molecule has 0 saturated heterocycles. The van der Waals surface area contributed by atoms with Gasteiger partial charge in [-0.15, -0.1) is 16.7 Å². The van der Waals surface area contributed by atoms with Gasteiger partial charge in [-0.2, -0.15) is 0 Å². The molecule has 1 aliphatic carbocycles. The van der Waals surface area contributed by atoms with E-state index in [-0.39, 0.29) is 19.5 Å². The molecular formula is C10H12NRh-. The quantitative estimate of drug-likeness (QED) is 0.506. The second kappa shape index (κ2) is 3.66. The molecule has 0 atom stereocenters. The molecule has 1 aromatic rings. The van der Waals surface area contributed by atoms with Gasteiger partial charge in [0, 0.05) is 19.5 Å². The van der Waals surface area contributed by atoms with E-state index in [1.54, 1.807) is 0 Å². The van der Waals surface area contributed by atoms with Crippen molar-refractivity contribution in [1.29, 1.82) is 0 Å². The Bertz CT molecular complexity index is 294. The Morgan fingerprint density at radius 1 is 1.25 bits per heavy atom. The van der Waals surface area contributed by atoms with E-state index < -0.39 is 0 Å². The average Bonchev–Trinajstić information content (AvgIpc) is 2.45. The second-order valence-electron chi connectivity index (χ2n) is 3.24. The van der Waals surface area contributed by atoms with Gasteiger partial charge < -0.3 is 4.98 Å². The van der Waals surface area contributed by atoms with Crippen LogP contribution in [-0.4, -0.2) is 4.98 Å².